The average molecular weight is 228 g/mol. The van der Waals surface area contributed by atoms with Gasteiger partial charge in [-0.25, -0.2) is 0 Å². The lowest BCUT2D eigenvalue weighted by atomic mass is 10.1. The summed E-state index contributed by atoms with van der Waals surface area (Å²) in [5.74, 6) is 0. The van der Waals surface area contributed by atoms with Crippen molar-refractivity contribution in [2.45, 2.75) is 45.6 Å². The van der Waals surface area contributed by atoms with Crippen molar-refractivity contribution in [2.75, 3.05) is 39.4 Å². The molecule has 1 N–H and O–H groups in total. The number of hydrogen-bond donors (Lipinski definition) is 1. The molecule has 96 valence electrons. The van der Waals surface area contributed by atoms with Gasteiger partial charge in [-0.3, -0.25) is 0 Å². The first kappa shape index (κ1) is 13.9. The zero-order valence-electron chi connectivity index (χ0n) is 11.2. The molecular formula is C13H28N2O. The summed E-state index contributed by atoms with van der Waals surface area (Å²) in [4.78, 5) is 2.53. The SMILES string of the molecule is CC(C)(C)NCCCCN1CCCOCC1. The van der Waals surface area contributed by atoms with Gasteiger partial charge in [0, 0.05) is 25.2 Å². The Kier molecular flexibility index (Phi) is 6.32. The fourth-order valence-electron chi connectivity index (χ4n) is 1.95. The molecule has 0 aromatic rings. The molecule has 1 aliphatic rings. The monoisotopic (exact) mass is 228 g/mol. The molecule has 1 aliphatic heterocycles. The van der Waals surface area contributed by atoms with Gasteiger partial charge in [-0.05, 0) is 53.1 Å². The van der Waals surface area contributed by atoms with E-state index in [2.05, 4.69) is 31.0 Å². The second-order valence-corrected chi connectivity index (χ2v) is 5.69. The Hall–Kier alpha value is -0.120. The Morgan fingerprint density at radius 1 is 1.12 bits per heavy atom. The first-order valence-corrected chi connectivity index (χ1v) is 6.63. The van der Waals surface area contributed by atoms with Gasteiger partial charge >= 0.3 is 0 Å². The van der Waals surface area contributed by atoms with Crippen LogP contribution in [0.3, 0.4) is 0 Å². The molecule has 1 fully saturated rings. The summed E-state index contributed by atoms with van der Waals surface area (Å²) in [6.45, 7) is 13.2. The normalized spacial score (nSPS) is 19.7. The Morgan fingerprint density at radius 3 is 2.69 bits per heavy atom. The molecule has 3 heteroatoms. The van der Waals surface area contributed by atoms with Crippen molar-refractivity contribution < 1.29 is 4.74 Å². The van der Waals surface area contributed by atoms with Gasteiger partial charge < -0.3 is 15.0 Å². The molecule has 0 saturated carbocycles. The molecular weight excluding hydrogens is 200 g/mol. The van der Waals surface area contributed by atoms with Gasteiger partial charge in [-0.2, -0.15) is 0 Å². The molecule has 16 heavy (non-hydrogen) atoms. The van der Waals surface area contributed by atoms with Crippen molar-refractivity contribution in [1.82, 2.24) is 10.2 Å². The molecule has 0 aromatic heterocycles. The summed E-state index contributed by atoms with van der Waals surface area (Å²) in [6, 6.07) is 0. The first-order valence-electron chi connectivity index (χ1n) is 6.63. The molecule has 0 spiro atoms. The minimum absolute atomic E-state index is 0.260. The van der Waals surface area contributed by atoms with Crippen molar-refractivity contribution in [3.8, 4) is 0 Å². The van der Waals surface area contributed by atoms with Gasteiger partial charge in [-0.15, -0.1) is 0 Å². The second-order valence-electron chi connectivity index (χ2n) is 5.69. The van der Waals surface area contributed by atoms with E-state index in [1.165, 1.54) is 32.4 Å². The quantitative estimate of drug-likeness (QED) is 0.727. The number of ether oxygens (including phenoxy) is 1. The maximum atomic E-state index is 5.44. The topological polar surface area (TPSA) is 24.5 Å². The van der Waals surface area contributed by atoms with Gasteiger partial charge in [0.2, 0.25) is 0 Å². The molecule has 3 nitrogen and oxygen atoms in total. The van der Waals surface area contributed by atoms with Crippen molar-refractivity contribution >= 4 is 0 Å². The smallest absolute Gasteiger partial charge is 0.0593 e. The third-order valence-electron chi connectivity index (χ3n) is 2.87. The Balaban J connectivity index is 1.97. The number of nitrogens with one attached hydrogen (secondary N) is 1. The third kappa shape index (κ3) is 7.20. The molecule has 0 aliphatic carbocycles. The van der Waals surface area contributed by atoms with Crippen molar-refractivity contribution in [1.29, 1.82) is 0 Å². The van der Waals surface area contributed by atoms with E-state index in [-0.39, 0.29) is 5.54 Å². The molecule has 0 atom stereocenters. The number of hydrogen-bond acceptors (Lipinski definition) is 3. The highest BCUT2D eigenvalue weighted by molar-refractivity contribution is 4.70. The molecule has 0 aromatic carbocycles. The average Bonchev–Trinajstić information content (AvgIpc) is 2.44. The molecule has 0 radical (unpaired) electrons. The van der Waals surface area contributed by atoms with Gasteiger partial charge in [0.1, 0.15) is 0 Å². The van der Waals surface area contributed by atoms with Crippen molar-refractivity contribution in [3.63, 3.8) is 0 Å². The van der Waals surface area contributed by atoms with E-state index in [0.29, 0.717) is 0 Å². The fourth-order valence-corrected chi connectivity index (χ4v) is 1.95. The molecule has 0 bridgehead atoms. The van der Waals surface area contributed by atoms with Crippen molar-refractivity contribution in [3.05, 3.63) is 0 Å². The lowest BCUT2D eigenvalue weighted by Gasteiger charge is -2.22. The van der Waals surface area contributed by atoms with Crippen LogP contribution in [0.1, 0.15) is 40.0 Å². The van der Waals surface area contributed by atoms with Crippen LogP contribution in [0.15, 0.2) is 0 Å². The number of nitrogens with zero attached hydrogens (tertiary/aromatic N) is 1. The zero-order chi connectivity index (χ0) is 11.9. The van der Waals surface area contributed by atoms with Crippen LogP contribution in [-0.2, 0) is 4.74 Å². The maximum absolute atomic E-state index is 5.44. The third-order valence-corrected chi connectivity index (χ3v) is 2.87. The van der Waals surface area contributed by atoms with E-state index in [9.17, 15) is 0 Å². The van der Waals surface area contributed by atoms with E-state index >= 15 is 0 Å². The van der Waals surface area contributed by atoms with Crippen LogP contribution in [0.4, 0.5) is 0 Å². The standard InChI is InChI=1S/C13H28N2O/c1-13(2,3)14-7-4-5-8-15-9-6-11-16-12-10-15/h14H,4-12H2,1-3H3. The number of rotatable bonds is 5. The summed E-state index contributed by atoms with van der Waals surface area (Å²) in [6.07, 6.45) is 3.76. The molecule has 1 saturated heterocycles. The Labute approximate surface area is 101 Å². The fraction of sp³-hybridized carbons (Fsp3) is 1.00. The summed E-state index contributed by atoms with van der Waals surface area (Å²) in [7, 11) is 0. The highest BCUT2D eigenvalue weighted by Gasteiger charge is 2.09. The van der Waals surface area contributed by atoms with Crippen LogP contribution in [0, 0.1) is 0 Å². The van der Waals surface area contributed by atoms with Crippen LogP contribution >= 0.6 is 0 Å². The van der Waals surface area contributed by atoms with E-state index in [1.807, 2.05) is 0 Å². The highest BCUT2D eigenvalue weighted by Crippen LogP contribution is 2.03. The molecule has 1 heterocycles. The van der Waals surface area contributed by atoms with E-state index < -0.39 is 0 Å². The predicted octanol–water partition coefficient (Wildman–Crippen LogP) is 1.88. The number of unbranched alkanes of at least 4 members (excludes halogenated alkanes) is 1. The lowest BCUT2D eigenvalue weighted by Crippen LogP contribution is -2.36. The zero-order valence-corrected chi connectivity index (χ0v) is 11.2. The summed E-state index contributed by atoms with van der Waals surface area (Å²) < 4.78 is 5.44. The van der Waals surface area contributed by atoms with Gasteiger partial charge in [0.15, 0.2) is 0 Å². The van der Waals surface area contributed by atoms with E-state index in [0.717, 1.165) is 26.3 Å². The molecule has 0 unspecified atom stereocenters. The first-order chi connectivity index (χ1) is 7.58. The summed E-state index contributed by atoms with van der Waals surface area (Å²) in [5.41, 5.74) is 0.260. The van der Waals surface area contributed by atoms with E-state index in [1.54, 1.807) is 0 Å². The second kappa shape index (κ2) is 7.25. The van der Waals surface area contributed by atoms with E-state index in [4.69, 9.17) is 4.74 Å². The van der Waals surface area contributed by atoms with Crippen LogP contribution in [-0.4, -0.2) is 49.8 Å². The lowest BCUT2D eigenvalue weighted by molar-refractivity contribution is 0.141. The maximum Gasteiger partial charge on any atom is 0.0593 e. The van der Waals surface area contributed by atoms with Crippen LogP contribution in [0.25, 0.3) is 0 Å². The van der Waals surface area contributed by atoms with Crippen LogP contribution in [0.5, 0.6) is 0 Å². The van der Waals surface area contributed by atoms with Gasteiger partial charge in [-0.1, -0.05) is 0 Å². The van der Waals surface area contributed by atoms with Gasteiger partial charge in [0.05, 0.1) is 6.61 Å². The van der Waals surface area contributed by atoms with Crippen molar-refractivity contribution in [2.24, 2.45) is 0 Å². The largest absolute Gasteiger partial charge is 0.380 e. The minimum Gasteiger partial charge on any atom is -0.380 e. The molecule has 0 amide bonds. The summed E-state index contributed by atoms with van der Waals surface area (Å²) >= 11 is 0. The Morgan fingerprint density at radius 2 is 1.94 bits per heavy atom. The minimum atomic E-state index is 0.260. The Bertz CT molecular complexity index is 169. The highest BCUT2D eigenvalue weighted by atomic mass is 16.5. The van der Waals surface area contributed by atoms with Crippen LogP contribution < -0.4 is 5.32 Å². The summed E-state index contributed by atoms with van der Waals surface area (Å²) in [5, 5.41) is 3.53. The van der Waals surface area contributed by atoms with Crippen LogP contribution in [0.2, 0.25) is 0 Å². The molecule has 1 rings (SSSR count). The van der Waals surface area contributed by atoms with Gasteiger partial charge in [0.25, 0.3) is 0 Å². The predicted molar refractivity (Wildman–Crippen MR) is 68.9 cm³/mol.